The molecule has 8 atom stereocenters. The fraction of sp³-hybridized carbons (Fsp3) is 0.487. The van der Waals surface area contributed by atoms with Gasteiger partial charge in [-0.25, -0.2) is 0 Å². The van der Waals surface area contributed by atoms with Gasteiger partial charge in [0.25, 0.3) is 5.91 Å². The number of ether oxygens (including phenoxy) is 2. The van der Waals surface area contributed by atoms with Gasteiger partial charge in [0.2, 0.25) is 11.8 Å². The SMILES string of the molecule is C=CCCC(=O)N[C@H](C)[C@@H](OC(=O)[C@@H]1[C@H]2O[C@@]3(CC2Br)[C@H](C(=O)N(CC=C)c2cc(C)ccc2C)N(CCCCO)C(=O)[C@@H]13)c1ccccc1. The molecule has 1 spiro atoms. The fourth-order valence-corrected chi connectivity index (χ4v) is 8.79. The van der Waals surface area contributed by atoms with Crippen LogP contribution in [0.5, 0.6) is 0 Å². The van der Waals surface area contributed by atoms with Gasteiger partial charge in [-0.1, -0.05) is 70.5 Å². The number of nitrogens with one attached hydrogen (secondary N) is 1. The van der Waals surface area contributed by atoms with Crippen molar-refractivity contribution in [2.24, 2.45) is 11.8 Å². The molecule has 0 aromatic heterocycles. The highest BCUT2D eigenvalue weighted by Crippen LogP contribution is 2.60. The molecule has 2 bridgehead atoms. The number of aryl methyl sites for hydroxylation is 2. The van der Waals surface area contributed by atoms with E-state index in [1.807, 2.05) is 62.4 Å². The van der Waals surface area contributed by atoms with E-state index < -0.39 is 47.7 Å². The third-order valence-electron chi connectivity index (χ3n) is 10.1. The van der Waals surface area contributed by atoms with Crippen molar-refractivity contribution < 1.29 is 33.8 Å². The number of esters is 1. The Balaban J connectivity index is 1.51. The van der Waals surface area contributed by atoms with Gasteiger partial charge < -0.3 is 29.7 Å². The second kappa shape index (κ2) is 16.0. The lowest BCUT2D eigenvalue weighted by atomic mass is 9.70. The zero-order valence-corrected chi connectivity index (χ0v) is 30.6. The van der Waals surface area contributed by atoms with Gasteiger partial charge in [-0.05, 0) is 69.2 Å². The Labute approximate surface area is 303 Å². The van der Waals surface area contributed by atoms with Crippen LogP contribution in [0.3, 0.4) is 0 Å². The maximum absolute atomic E-state index is 14.9. The maximum Gasteiger partial charge on any atom is 0.313 e. The number of nitrogens with zero attached hydrogens (tertiary/aromatic N) is 2. The van der Waals surface area contributed by atoms with Crippen LogP contribution >= 0.6 is 15.9 Å². The lowest BCUT2D eigenvalue weighted by molar-refractivity contribution is -0.162. The minimum atomic E-state index is -1.29. The summed E-state index contributed by atoms with van der Waals surface area (Å²) in [5, 5.41) is 12.5. The van der Waals surface area contributed by atoms with Crippen molar-refractivity contribution in [3.63, 3.8) is 0 Å². The zero-order valence-electron chi connectivity index (χ0n) is 29.1. The molecule has 50 heavy (non-hydrogen) atoms. The number of carbonyl (C=O) groups is 4. The standard InChI is InChI=1S/C39H48BrN3O7/c1-6-8-16-30(45)41-26(5)33(27-14-10-9-11-15-27)49-38(48)31-32-36(46)43(20-12-13-21-44)35(39(32)23-28(40)34(31)50-39)37(47)42(19-7-2)29-22-24(3)17-18-25(29)4/h6-7,9-11,14-15,17-18,22,26,28,31-35,44H,1-2,8,12-13,16,19-21,23H2,3-5H3,(H,41,45)/t26-,28?,31+,32-,33-,34+,35+,39-/m1/s1. The fourth-order valence-electron chi connectivity index (χ4n) is 7.85. The first-order valence-corrected chi connectivity index (χ1v) is 18.3. The molecular weight excluding hydrogens is 702 g/mol. The molecule has 3 saturated heterocycles. The van der Waals surface area contributed by atoms with Crippen molar-refractivity contribution >= 4 is 45.3 Å². The van der Waals surface area contributed by atoms with Gasteiger partial charge in [-0.3, -0.25) is 19.2 Å². The molecule has 3 aliphatic heterocycles. The summed E-state index contributed by atoms with van der Waals surface area (Å²) in [4.78, 5) is 59.5. The summed E-state index contributed by atoms with van der Waals surface area (Å²) >= 11 is 3.74. The van der Waals surface area contributed by atoms with Crippen molar-refractivity contribution in [3.8, 4) is 0 Å². The summed E-state index contributed by atoms with van der Waals surface area (Å²) in [7, 11) is 0. The number of fused-ring (bicyclic) bond motifs is 1. The zero-order chi connectivity index (χ0) is 36.2. The van der Waals surface area contributed by atoms with Gasteiger partial charge >= 0.3 is 5.97 Å². The van der Waals surface area contributed by atoms with Crippen LogP contribution in [0.1, 0.15) is 61.8 Å². The number of carbonyl (C=O) groups excluding carboxylic acids is 4. The minimum absolute atomic E-state index is 0.0551. The Morgan fingerprint density at radius 3 is 2.58 bits per heavy atom. The van der Waals surface area contributed by atoms with Crippen LogP contribution in [0.25, 0.3) is 0 Å². The Kier molecular flexibility index (Phi) is 12.0. The number of hydrogen-bond acceptors (Lipinski definition) is 7. The van der Waals surface area contributed by atoms with Crippen LogP contribution in [-0.2, 0) is 28.7 Å². The molecule has 2 N–H and O–H groups in total. The van der Waals surface area contributed by atoms with Gasteiger partial charge in [0.05, 0.1) is 24.0 Å². The van der Waals surface area contributed by atoms with Crippen LogP contribution in [0.15, 0.2) is 73.8 Å². The van der Waals surface area contributed by atoms with Crippen LogP contribution in [0, 0.1) is 25.7 Å². The average Bonchev–Trinajstić information content (AvgIpc) is 3.69. The second-order valence-electron chi connectivity index (χ2n) is 13.6. The largest absolute Gasteiger partial charge is 0.455 e. The highest BCUT2D eigenvalue weighted by molar-refractivity contribution is 9.09. The van der Waals surface area contributed by atoms with Gasteiger partial charge in [0, 0.05) is 36.6 Å². The maximum atomic E-state index is 14.9. The number of amides is 3. The first kappa shape index (κ1) is 37.5. The summed E-state index contributed by atoms with van der Waals surface area (Å²) < 4.78 is 13.0. The Bertz CT molecular complexity index is 1600. The van der Waals surface area contributed by atoms with E-state index in [0.717, 1.165) is 11.1 Å². The summed E-state index contributed by atoms with van der Waals surface area (Å²) in [6.07, 6.45) is 3.78. The van der Waals surface area contributed by atoms with Crippen LogP contribution in [0.4, 0.5) is 5.69 Å². The highest BCUT2D eigenvalue weighted by atomic mass is 79.9. The summed E-state index contributed by atoms with van der Waals surface area (Å²) in [5.74, 6) is -3.44. The molecule has 11 heteroatoms. The first-order chi connectivity index (χ1) is 24.0. The average molecular weight is 751 g/mol. The van der Waals surface area contributed by atoms with Gasteiger partial charge in [0.15, 0.2) is 0 Å². The minimum Gasteiger partial charge on any atom is -0.455 e. The molecule has 2 aromatic carbocycles. The quantitative estimate of drug-likeness (QED) is 0.106. The summed E-state index contributed by atoms with van der Waals surface area (Å²) in [5.41, 5.74) is 1.99. The number of aliphatic hydroxyl groups excluding tert-OH is 1. The summed E-state index contributed by atoms with van der Waals surface area (Å²) in [6, 6.07) is 13.5. The van der Waals surface area contributed by atoms with Crippen LogP contribution in [-0.4, -0.2) is 82.0 Å². The lowest BCUT2D eigenvalue weighted by Gasteiger charge is -2.37. The van der Waals surface area contributed by atoms with E-state index in [1.165, 1.54) is 0 Å². The molecule has 3 aliphatic rings. The molecule has 1 unspecified atom stereocenters. The van der Waals surface area contributed by atoms with Gasteiger partial charge in [-0.2, -0.15) is 0 Å². The highest BCUT2D eigenvalue weighted by Gasteiger charge is 2.77. The van der Waals surface area contributed by atoms with Crippen molar-refractivity contribution in [2.45, 2.75) is 87.6 Å². The molecule has 10 nitrogen and oxygen atoms in total. The smallest absolute Gasteiger partial charge is 0.313 e. The van der Waals surface area contributed by atoms with Crippen molar-refractivity contribution in [3.05, 3.63) is 90.5 Å². The van der Waals surface area contributed by atoms with E-state index in [0.29, 0.717) is 36.9 Å². The van der Waals surface area contributed by atoms with Crippen LogP contribution in [0.2, 0.25) is 0 Å². The molecule has 5 rings (SSSR count). The van der Waals surface area contributed by atoms with Crippen molar-refractivity contribution in [2.75, 3.05) is 24.6 Å². The number of allylic oxidation sites excluding steroid dienone is 1. The first-order valence-electron chi connectivity index (χ1n) is 17.4. The molecule has 3 heterocycles. The molecule has 0 radical (unpaired) electrons. The molecular formula is C39H48BrN3O7. The van der Waals surface area contributed by atoms with E-state index in [4.69, 9.17) is 9.47 Å². The number of likely N-dealkylation sites (tertiary alicyclic amines) is 1. The van der Waals surface area contributed by atoms with E-state index in [2.05, 4.69) is 34.4 Å². The predicted octanol–water partition coefficient (Wildman–Crippen LogP) is 5.10. The number of rotatable bonds is 16. The predicted molar refractivity (Wildman–Crippen MR) is 195 cm³/mol. The molecule has 3 amide bonds. The molecule has 0 saturated carbocycles. The molecule has 0 aliphatic carbocycles. The number of benzene rings is 2. The number of anilines is 1. The number of hydrogen-bond donors (Lipinski definition) is 2. The Hall–Kier alpha value is -3.80. The van der Waals surface area contributed by atoms with E-state index in [-0.39, 0.29) is 48.7 Å². The van der Waals surface area contributed by atoms with Crippen molar-refractivity contribution in [1.82, 2.24) is 10.2 Å². The van der Waals surface area contributed by atoms with Gasteiger partial charge in [0.1, 0.15) is 17.7 Å². The van der Waals surface area contributed by atoms with E-state index >= 15 is 0 Å². The second-order valence-corrected chi connectivity index (χ2v) is 14.8. The van der Waals surface area contributed by atoms with Crippen LogP contribution < -0.4 is 10.2 Å². The lowest BCUT2D eigenvalue weighted by Crippen LogP contribution is -2.57. The van der Waals surface area contributed by atoms with Crippen molar-refractivity contribution in [1.29, 1.82) is 0 Å². The molecule has 2 aromatic rings. The van der Waals surface area contributed by atoms with E-state index in [9.17, 15) is 24.3 Å². The topological polar surface area (TPSA) is 125 Å². The summed E-state index contributed by atoms with van der Waals surface area (Å²) in [6.45, 7) is 13.6. The molecule has 3 fully saturated rings. The number of aliphatic hydroxyl groups is 1. The normalized spacial score (nSPS) is 26.2. The number of halogens is 1. The Morgan fingerprint density at radius 1 is 1.16 bits per heavy atom. The van der Waals surface area contributed by atoms with Gasteiger partial charge in [-0.15, -0.1) is 13.2 Å². The third kappa shape index (κ3) is 7.18. The monoisotopic (exact) mass is 749 g/mol. The Morgan fingerprint density at radius 2 is 1.90 bits per heavy atom. The van der Waals surface area contributed by atoms with E-state index in [1.54, 1.807) is 28.9 Å². The number of alkyl halides is 1. The molecule has 268 valence electrons. The number of unbranched alkanes of at least 4 members (excludes halogenated alkanes) is 1. The third-order valence-corrected chi connectivity index (χ3v) is 11.0.